The maximum Gasteiger partial charge on any atom is 0.192 e. The van der Waals surface area contributed by atoms with E-state index in [-0.39, 0.29) is 72.4 Å². The van der Waals surface area contributed by atoms with Crippen LogP contribution in [0.25, 0.3) is 0 Å². The molecule has 6 rings (SSSR count). The maximum atomic E-state index is 13.3. The minimum atomic E-state index is -1.67. The quantitative estimate of drug-likeness (QED) is 0.214. The number of Topliss-reactive ketones (excluding diaryl/α,β-unsaturated/α-hetero) is 1. The standard InChI is InChI=1S/C47H78O14/c1-24(40(50)25(2)18-28(5)43(51)52)17-26(3)41-31(8)34(49)22-45(59-41)16-15-44(11,61-45)38-21-36(56-39-14-13-35(54-12)33(10)55-39)32(9)47(58-38)30(7)20-37(57-47)42-27(4)19-29(6)46(53,23-48)60-42/h17,25-39,41-42,48-49,53H,13-16,18-23H2,1-12H3,(H,51,52)/p-1/b24-17+/t25-,26+,27+,28+,29-,30+,31-,32-,33-,34+,35+,36+,37-,38-,39-,41-,42+,44+,45-,46+,47+/m1/s1. The summed E-state index contributed by atoms with van der Waals surface area (Å²) in [7, 11) is 1.70. The van der Waals surface area contributed by atoms with Crippen LogP contribution in [-0.4, -0.2) is 119 Å². The molecule has 14 heteroatoms. The Kier molecular flexibility index (Phi) is 15.0. The molecule has 0 aromatic rings. The van der Waals surface area contributed by atoms with Crippen molar-refractivity contribution in [2.75, 3.05) is 13.7 Å². The first-order chi connectivity index (χ1) is 28.5. The summed E-state index contributed by atoms with van der Waals surface area (Å²) in [4.78, 5) is 24.7. The molecule has 6 aliphatic rings. The summed E-state index contributed by atoms with van der Waals surface area (Å²) in [6.07, 6.45) is 3.10. The lowest BCUT2D eigenvalue weighted by Crippen LogP contribution is -2.63. The van der Waals surface area contributed by atoms with Gasteiger partial charge < -0.3 is 63.1 Å². The minimum Gasteiger partial charge on any atom is -0.550 e. The normalized spacial score (nSPS) is 48.6. The predicted octanol–water partition coefficient (Wildman–Crippen LogP) is 4.81. The fourth-order valence-corrected chi connectivity index (χ4v) is 11.8. The molecule has 350 valence electrons. The van der Waals surface area contributed by atoms with E-state index in [2.05, 4.69) is 20.8 Å². The molecule has 3 N–H and O–H groups in total. The molecule has 2 spiro atoms. The first-order valence-corrected chi connectivity index (χ1v) is 23.2. The smallest absolute Gasteiger partial charge is 0.192 e. The number of allylic oxidation sites excluding steroid dienone is 1. The predicted molar refractivity (Wildman–Crippen MR) is 221 cm³/mol. The van der Waals surface area contributed by atoms with Crippen LogP contribution >= 0.6 is 0 Å². The zero-order chi connectivity index (χ0) is 45.0. The Morgan fingerprint density at radius 1 is 0.918 bits per heavy atom. The van der Waals surface area contributed by atoms with E-state index < -0.39 is 84.2 Å². The van der Waals surface area contributed by atoms with E-state index in [9.17, 15) is 30.0 Å². The van der Waals surface area contributed by atoms with Crippen LogP contribution in [0, 0.1) is 47.3 Å². The molecule has 6 heterocycles. The molecule has 0 unspecified atom stereocenters. The van der Waals surface area contributed by atoms with Crippen molar-refractivity contribution < 1.29 is 67.9 Å². The van der Waals surface area contributed by atoms with Gasteiger partial charge in [-0.1, -0.05) is 61.5 Å². The third-order valence-electron chi connectivity index (χ3n) is 15.8. The van der Waals surface area contributed by atoms with Gasteiger partial charge in [0, 0.05) is 74.3 Å². The summed E-state index contributed by atoms with van der Waals surface area (Å²) < 4.78 is 53.9. The summed E-state index contributed by atoms with van der Waals surface area (Å²) in [5.41, 5.74) is -0.352. The molecule has 0 aliphatic carbocycles. The fraction of sp³-hybridized carbons (Fsp3) is 0.915. The molecule has 61 heavy (non-hydrogen) atoms. The number of methoxy groups -OCH3 is 1. The topological polar surface area (TPSA) is 192 Å². The molecular weight excluding hydrogens is 789 g/mol. The van der Waals surface area contributed by atoms with Crippen molar-refractivity contribution in [1.82, 2.24) is 0 Å². The average Bonchev–Trinajstić information content (AvgIpc) is 3.71. The lowest BCUT2D eigenvalue weighted by atomic mass is 9.76. The van der Waals surface area contributed by atoms with E-state index in [1.807, 2.05) is 40.7 Å². The molecule has 0 radical (unpaired) electrons. The van der Waals surface area contributed by atoms with Crippen molar-refractivity contribution >= 4 is 11.8 Å². The van der Waals surface area contributed by atoms with Crippen molar-refractivity contribution in [2.45, 2.75) is 212 Å². The number of carbonyl (C=O) groups excluding carboxylic acids is 2. The average molecular weight is 866 g/mol. The number of aliphatic hydroxyl groups excluding tert-OH is 2. The van der Waals surface area contributed by atoms with E-state index in [0.717, 1.165) is 6.42 Å². The lowest BCUT2D eigenvalue weighted by Gasteiger charge is -2.54. The number of carboxylic acids is 1. The number of hydrogen-bond donors (Lipinski definition) is 3. The van der Waals surface area contributed by atoms with Crippen molar-refractivity contribution in [1.29, 1.82) is 0 Å². The largest absolute Gasteiger partial charge is 0.550 e. The molecule has 6 saturated heterocycles. The highest BCUT2D eigenvalue weighted by molar-refractivity contribution is 5.96. The van der Waals surface area contributed by atoms with E-state index in [4.69, 9.17) is 37.9 Å². The molecular formula is C47H77O14-. The van der Waals surface area contributed by atoms with Crippen LogP contribution in [0.3, 0.4) is 0 Å². The van der Waals surface area contributed by atoms with Gasteiger partial charge in [0.15, 0.2) is 29.4 Å². The maximum absolute atomic E-state index is 13.3. The highest BCUT2D eigenvalue weighted by Gasteiger charge is 2.65. The third kappa shape index (κ3) is 9.71. The van der Waals surface area contributed by atoms with Gasteiger partial charge in [0.05, 0.1) is 61.0 Å². The van der Waals surface area contributed by atoms with Crippen LogP contribution in [0.4, 0.5) is 0 Å². The van der Waals surface area contributed by atoms with Crippen molar-refractivity contribution in [3.8, 4) is 0 Å². The summed E-state index contributed by atoms with van der Waals surface area (Å²) in [6, 6.07) is 0. The van der Waals surface area contributed by atoms with Gasteiger partial charge in [-0.2, -0.15) is 0 Å². The van der Waals surface area contributed by atoms with Crippen molar-refractivity contribution in [2.24, 2.45) is 47.3 Å². The second kappa shape index (κ2) is 18.7. The summed E-state index contributed by atoms with van der Waals surface area (Å²) in [5, 5.41) is 44.4. The van der Waals surface area contributed by atoms with Gasteiger partial charge in [0.2, 0.25) is 0 Å². The molecule has 0 aromatic heterocycles. The zero-order valence-corrected chi connectivity index (χ0v) is 38.8. The SMILES string of the molecule is CO[C@H]1CC[C@@H](O[C@H]2C[C@H]([C@]3(C)CC[C@]4(C[C@H](O)[C@@H](C)[C@@H]([C@@H](C)/C=C(\C)C(=O)[C@H](C)C[C@H](C)C(=O)[O-])O4)O3)O[C@]3(O[C@@H]([C@H]4O[C@@](O)(CO)[C@H](C)C[C@@H]4C)C[C@@H]3C)[C@@H]2C)O[C@@H]1C. The molecule has 0 aromatic carbocycles. The Morgan fingerprint density at radius 2 is 1.62 bits per heavy atom. The van der Waals surface area contributed by atoms with Crippen LogP contribution < -0.4 is 5.11 Å². The second-order valence-electron chi connectivity index (χ2n) is 20.6. The van der Waals surface area contributed by atoms with Gasteiger partial charge in [-0.25, -0.2) is 0 Å². The molecule has 21 atom stereocenters. The Hall–Kier alpha value is -1.56. The monoisotopic (exact) mass is 866 g/mol. The van der Waals surface area contributed by atoms with Crippen LogP contribution in [0.2, 0.25) is 0 Å². The summed E-state index contributed by atoms with van der Waals surface area (Å²) in [5.74, 6) is -7.48. The summed E-state index contributed by atoms with van der Waals surface area (Å²) >= 11 is 0. The lowest BCUT2D eigenvalue weighted by molar-refractivity contribution is -0.390. The highest BCUT2D eigenvalue weighted by Crippen LogP contribution is 2.56. The van der Waals surface area contributed by atoms with Crippen molar-refractivity contribution in [3.05, 3.63) is 11.6 Å². The Labute approximate surface area is 363 Å². The second-order valence-corrected chi connectivity index (χ2v) is 20.6. The van der Waals surface area contributed by atoms with Gasteiger partial charge in [-0.15, -0.1) is 0 Å². The first kappa shape index (κ1) is 48.9. The van der Waals surface area contributed by atoms with Crippen molar-refractivity contribution in [3.63, 3.8) is 0 Å². The van der Waals surface area contributed by atoms with Gasteiger partial charge in [0.1, 0.15) is 0 Å². The third-order valence-corrected chi connectivity index (χ3v) is 15.8. The molecule has 0 amide bonds. The molecule has 0 bridgehead atoms. The van der Waals surface area contributed by atoms with E-state index in [1.54, 1.807) is 27.9 Å². The highest BCUT2D eigenvalue weighted by atomic mass is 16.8. The molecule has 6 fully saturated rings. The first-order valence-electron chi connectivity index (χ1n) is 23.2. The van der Waals surface area contributed by atoms with E-state index in [1.165, 1.54) is 0 Å². The molecule has 0 saturated carbocycles. The number of ketones is 1. The Balaban J connectivity index is 1.24. The van der Waals surface area contributed by atoms with Crippen LogP contribution in [0.15, 0.2) is 11.6 Å². The van der Waals surface area contributed by atoms with Gasteiger partial charge in [-0.05, 0) is 70.3 Å². The minimum absolute atomic E-state index is 0.0151. The molecule has 6 aliphatic heterocycles. The van der Waals surface area contributed by atoms with Gasteiger partial charge in [-0.3, -0.25) is 4.79 Å². The number of rotatable bonds is 13. The Bertz CT molecular complexity index is 1570. The molecule has 14 nitrogen and oxygen atoms in total. The number of aliphatic hydroxyl groups is 3. The fourth-order valence-electron chi connectivity index (χ4n) is 11.8. The van der Waals surface area contributed by atoms with Gasteiger partial charge in [0.25, 0.3) is 0 Å². The van der Waals surface area contributed by atoms with Crippen LogP contribution in [0.1, 0.15) is 134 Å². The van der Waals surface area contributed by atoms with Crippen LogP contribution in [0.5, 0.6) is 0 Å². The number of aliphatic carboxylic acids is 1. The van der Waals surface area contributed by atoms with Crippen LogP contribution in [-0.2, 0) is 47.5 Å². The zero-order valence-electron chi connectivity index (χ0n) is 38.8. The van der Waals surface area contributed by atoms with E-state index >= 15 is 0 Å². The Morgan fingerprint density at radius 3 is 2.26 bits per heavy atom. The number of carboxylic acid groups (broad SMARTS) is 1. The summed E-state index contributed by atoms with van der Waals surface area (Å²) in [6.45, 7) is 20.7. The number of hydrogen-bond acceptors (Lipinski definition) is 14. The number of carbonyl (C=O) groups is 2. The number of ether oxygens (including phenoxy) is 8. The van der Waals surface area contributed by atoms with Gasteiger partial charge >= 0.3 is 0 Å². The van der Waals surface area contributed by atoms with E-state index in [0.29, 0.717) is 44.1 Å².